The Labute approximate surface area is 108 Å². The summed E-state index contributed by atoms with van der Waals surface area (Å²) in [6.45, 7) is 1.30. The molecule has 1 atom stereocenters. The van der Waals surface area contributed by atoms with Gasteiger partial charge in [-0.2, -0.15) is 0 Å². The number of aromatic nitrogens is 1. The molecule has 100 valence electrons. The van der Waals surface area contributed by atoms with Crippen LogP contribution in [0.3, 0.4) is 0 Å². The Balaban J connectivity index is 1.96. The van der Waals surface area contributed by atoms with Gasteiger partial charge in [0.1, 0.15) is 0 Å². The van der Waals surface area contributed by atoms with Gasteiger partial charge in [0, 0.05) is 32.0 Å². The molecule has 1 N–H and O–H groups in total. The fourth-order valence-electron chi connectivity index (χ4n) is 2.13. The lowest BCUT2D eigenvalue weighted by molar-refractivity contribution is 0.459. The van der Waals surface area contributed by atoms with Gasteiger partial charge in [0.05, 0.1) is 5.75 Å². The van der Waals surface area contributed by atoms with Crippen molar-refractivity contribution in [3.05, 3.63) is 30.1 Å². The molecule has 5 nitrogen and oxygen atoms in total. The molecule has 2 rings (SSSR count). The number of hydrogen-bond acceptors (Lipinski definition) is 4. The van der Waals surface area contributed by atoms with Gasteiger partial charge in [-0.05, 0) is 31.0 Å². The van der Waals surface area contributed by atoms with Crippen molar-refractivity contribution in [3.63, 3.8) is 0 Å². The summed E-state index contributed by atoms with van der Waals surface area (Å²) in [4.78, 5) is 3.99. The van der Waals surface area contributed by atoms with Crippen LogP contribution in [0.1, 0.15) is 18.4 Å². The van der Waals surface area contributed by atoms with Gasteiger partial charge in [-0.15, -0.1) is 0 Å². The van der Waals surface area contributed by atoms with E-state index in [1.807, 2.05) is 12.1 Å². The van der Waals surface area contributed by atoms with E-state index < -0.39 is 10.0 Å². The van der Waals surface area contributed by atoms with Crippen LogP contribution in [0.4, 0.5) is 0 Å². The van der Waals surface area contributed by atoms with Crippen molar-refractivity contribution in [1.82, 2.24) is 14.6 Å². The summed E-state index contributed by atoms with van der Waals surface area (Å²) in [6, 6.07) is 3.80. The standard InChI is InChI=1S/C12H19N3O2S/c1-15(9-11-4-2-6-13-8-11)18(16,17)10-12-5-3-7-14-12/h2,4,6,8,12,14H,3,5,7,9-10H2,1H3. The molecule has 1 unspecified atom stereocenters. The fraction of sp³-hybridized carbons (Fsp3) is 0.583. The molecular formula is C12H19N3O2S. The molecule has 0 bridgehead atoms. The van der Waals surface area contributed by atoms with Gasteiger partial charge in [0.2, 0.25) is 10.0 Å². The molecule has 0 saturated carbocycles. The van der Waals surface area contributed by atoms with E-state index in [0.29, 0.717) is 6.54 Å². The first-order valence-electron chi connectivity index (χ1n) is 6.14. The zero-order valence-electron chi connectivity index (χ0n) is 10.5. The van der Waals surface area contributed by atoms with Crippen molar-refractivity contribution in [2.45, 2.75) is 25.4 Å². The number of nitrogens with one attached hydrogen (secondary N) is 1. The lowest BCUT2D eigenvalue weighted by Gasteiger charge is -2.19. The molecule has 0 amide bonds. The molecule has 1 aliphatic rings. The summed E-state index contributed by atoms with van der Waals surface area (Å²) in [7, 11) is -1.58. The molecule has 1 aliphatic heterocycles. The molecule has 1 fully saturated rings. The summed E-state index contributed by atoms with van der Waals surface area (Å²) in [5.74, 6) is 0.184. The van der Waals surface area contributed by atoms with Crippen molar-refractivity contribution in [2.75, 3.05) is 19.3 Å². The van der Waals surface area contributed by atoms with E-state index in [0.717, 1.165) is 24.9 Å². The number of sulfonamides is 1. The number of pyridine rings is 1. The Morgan fingerprint density at radius 2 is 2.39 bits per heavy atom. The van der Waals surface area contributed by atoms with Crippen LogP contribution in [0, 0.1) is 0 Å². The minimum atomic E-state index is -3.20. The van der Waals surface area contributed by atoms with Crippen LogP contribution in [-0.4, -0.2) is 43.1 Å². The Kier molecular flexibility index (Phi) is 4.31. The molecular weight excluding hydrogens is 250 g/mol. The van der Waals surface area contributed by atoms with E-state index in [-0.39, 0.29) is 11.8 Å². The predicted octanol–water partition coefficient (Wildman–Crippen LogP) is 0.595. The minimum absolute atomic E-state index is 0.103. The Hall–Kier alpha value is -0.980. The summed E-state index contributed by atoms with van der Waals surface area (Å²) in [5, 5.41) is 3.21. The molecule has 0 spiro atoms. The van der Waals surface area contributed by atoms with Gasteiger partial charge >= 0.3 is 0 Å². The highest BCUT2D eigenvalue weighted by Gasteiger charge is 2.25. The smallest absolute Gasteiger partial charge is 0.215 e. The van der Waals surface area contributed by atoms with E-state index >= 15 is 0 Å². The highest BCUT2D eigenvalue weighted by atomic mass is 32.2. The van der Waals surface area contributed by atoms with Crippen LogP contribution >= 0.6 is 0 Å². The first-order chi connectivity index (χ1) is 8.58. The first kappa shape index (κ1) is 13.5. The zero-order chi connectivity index (χ0) is 13.0. The van der Waals surface area contributed by atoms with E-state index in [9.17, 15) is 8.42 Å². The second-order valence-electron chi connectivity index (χ2n) is 4.69. The highest BCUT2D eigenvalue weighted by molar-refractivity contribution is 7.89. The summed E-state index contributed by atoms with van der Waals surface area (Å²) in [6.07, 6.45) is 5.38. The molecule has 0 radical (unpaired) electrons. The average Bonchev–Trinajstić information content (AvgIpc) is 2.82. The second-order valence-corrected chi connectivity index (χ2v) is 6.81. The summed E-state index contributed by atoms with van der Waals surface area (Å²) in [5.41, 5.74) is 0.906. The van der Waals surface area contributed by atoms with Crippen LogP contribution in [-0.2, 0) is 16.6 Å². The van der Waals surface area contributed by atoms with Crippen LogP contribution in [0.2, 0.25) is 0 Å². The van der Waals surface area contributed by atoms with Gasteiger partial charge < -0.3 is 5.32 Å². The SMILES string of the molecule is CN(Cc1cccnc1)S(=O)(=O)CC1CCCN1. The Bertz CT molecular complexity index is 469. The van der Waals surface area contributed by atoms with Crippen molar-refractivity contribution in [3.8, 4) is 0 Å². The fourth-order valence-corrected chi connectivity index (χ4v) is 3.52. The van der Waals surface area contributed by atoms with Crippen molar-refractivity contribution in [2.24, 2.45) is 0 Å². The molecule has 6 heteroatoms. The maximum atomic E-state index is 12.2. The third-order valence-electron chi connectivity index (χ3n) is 3.18. The molecule has 0 aromatic carbocycles. The van der Waals surface area contributed by atoms with Gasteiger partial charge in [-0.3, -0.25) is 4.98 Å². The number of nitrogens with zero attached hydrogens (tertiary/aromatic N) is 2. The highest BCUT2D eigenvalue weighted by Crippen LogP contribution is 2.12. The van der Waals surface area contributed by atoms with E-state index in [1.54, 1.807) is 19.4 Å². The van der Waals surface area contributed by atoms with Crippen molar-refractivity contribution in [1.29, 1.82) is 0 Å². The molecule has 1 aromatic heterocycles. The van der Waals surface area contributed by atoms with Crippen LogP contribution in [0.5, 0.6) is 0 Å². The van der Waals surface area contributed by atoms with E-state index in [1.165, 1.54) is 4.31 Å². The van der Waals surface area contributed by atoms with Gasteiger partial charge in [-0.1, -0.05) is 6.07 Å². The number of rotatable bonds is 5. The monoisotopic (exact) mass is 269 g/mol. The lowest BCUT2D eigenvalue weighted by atomic mass is 10.3. The second kappa shape index (κ2) is 5.77. The summed E-state index contributed by atoms with van der Waals surface area (Å²) < 4.78 is 25.7. The number of hydrogen-bond donors (Lipinski definition) is 1. The maximum absolute atomic E-state index is 12.2. The van der Waals surface area contributed by atoms with Gasteiger partial charge in [0.15, 0.2) is 0 Å². The predicted molar refractivity (Wildman–Crippen MR) is 70.5 cm³/mol. The quantitative estimate of drug-likeness (QED) is 0.850. The lowest BCUT2D eigenvalue weighted by Crippen LogP contribution is -2.37. The van der Waals surface area contributed by atoms with Crippen molar-refractivity contribution >= 4 is 10.0 Å². The molecule has 1 saturated heterocycles. The first-order valence-corrected chi connectivity index (χ1v) is 7.75. The summed E-state index contributed by atoms with van der Waals surface area (Å²) >= 11 is 0. The Morgan fingerprint density at radius 1 is 1.56 bits per heavy atom. The zero-order valence-corrected chi connectivity index (χ0v) is 11.4. The average molecular weight is 269 g/mol. The molecule has 18 heavy (non-hydrogen) atoms. The van der Waals surface area contributed by atoms with E-state index in [2.05, 4.69) is 10.3 Å². The van der Waals surface area contributed by atoms with Gasteiger partial charge in [0.25, 0.3) is 0 Å². The van der Waals surface area contributed by atoms with Crippen LogP contribution in [0.25, 0.3) is 0 Å². The van der Waals surface area contributed by atoms with Crippen molar-refractivity contribution < 1.29 is 8.42 Å². The van der Waals surface area contributed by atoms with Crippen LogP contribution < -0.4 is 5.32 Å². The van der Waals surface area contributed by atoms with E-state index in [4.69, 9.17) is 0 Å². The molecule has 0 aliphatic carbocycles. The largest absolute Gasteiger partial charge is 0.313 e. The topological polar surface area (TPSA) is 62.3 Å². The van der Waals surface area contributed by atoms with Crippen LogP contribution in [0.15, 0.2) is 24.5 Å². The van der Waals surface area contributed by atoms with Gasteiger partial charge in [-0.25, -0.2) is 12.7 Å². The minimum Gasteiger partial charge on any atom is -0.313 e. The molecule has 1 aromatic rings. The Morgan fingerprint density at radius 3 is 3.00 bits per heavy atom. The third kappa shape index (κ3) is 3.51. The normalized spacial score (nSPS) is 20.4. The third-order valence-corrected chi connectivity index (χ3v) is 5.08. The molecule has 2 heterocycles. The maximum Gasteiger partial charge on any atom is 0.215 e.